The molecule has 0 unspecified atom stereocenters. The molecule has 1 aromatic heterocycles. The van der Waals surface area contributed by atoms with E-state index in [1.807, 2.05) is 0 Å². The van der Waals surface area contributed by atoms with Gasteiger partial charge in [-0.15, -0.1) is 5.10 Å². The third-order valence-electron chi connectivity index (χ3n) is 2.51. The van der Waals surface area contributed by atoms with Gasteiger partial charge in [0.25, 0.3) is 0 Å². The van der Waals surface area contributed by atoms with Gasteiger partial charge in [0.05, 0.1) is 5.69 Å². The van der Waals surface area contributed by atoms with Crippen molar-refractivity contribution in [3.63, 3.8) is 0 Å². The summed E-state index contributed by atoms with van der Waals surface area (Å²) in [5.74, 6) is 1.00. The Morgan fingerprint density at radius 2 is 2.07 bits per heavy atom. The molecule has 4 nitrogen and oxygen atoms in total. The van der Waals surface area contributed by atoms with Crippen LogP contribution < -0.4 is 10.2 Å². The maximum absolute atomic E-state index is 4.22. The molecule has 0 radical (unpaired) electrons. The van der Waals surface area contributed by atoms with E-state index in [1.165, 1.54) is 0 Å². The first-order chi connectivity index (χ1) is 6.90. The molecule has 0 aliphatic carbocycles. The SMILES string of the molecule is CCc1ccc(N2CCNCC2)nn1. The molecular formula is C10H16N4. The van der Waals surface area contributed by atoms with Crippen molar-refractivity contribution in [2.45, 2.75) is 13.3 Å². The van der Waals surface area contributed by atoms with Gasteiger partial charge < -0.3 is 10.2 Å². The minimum absolute atomic E-state index is 0.953. The van der Waals surface area contributed by atoms with E-state index in [-0.39, 0.29) is 0 Å². The minimum atomic E-state index is 0.953. The summed E-state index contributed by atoms with van der Waals surface area (Å²) in [5.41, 5.74) is 1.06. The van der Waals surface area contributed by atoms with Crippen molar-refractivity contribution in [3.05, 3.63) is 17.8 Å². The molecule has 1 aromatic rings. The van der Waals surface area contributed by atoms with Crippen molar-refractivity contribution in [1.82, 2.24) is 15.5 Å². The predicted molar refractivity (Wildman–Crippen MR) is 56.5 cm³/mol. The molecule has 1 saturated heterocycles. The summed E-state index contributed by atoms with van der Waals surface area (Å²) in [7, 11) is 0. The molecule has 1 fully saturated rings. The van der Waals surface area contributed by atoms with Crippen LogP contribution in [0.1, 0.15) is 12.6 Å². The Kier molecular flexibility index (Phi) is 2.93. The van der Waals surface area contributed by atoms with Gasteiger partial charge in [-0.1, -0.05) is 6.92 Å². The molecule has 4 heteroatoms. The summed E-state index contributed by atoms with van der Waals surface area (Å²) in [4.78, 5) is 2.27. The van der Waals surface area contributed by atoms with E-state index in [4.69, 9.17) is 0 Å². The molecule has 2 rings (SSSR count). The van der Waals surface area contributed by atoms with E-state index in [2.05, 4.69) is 39.5 Å². The van der Waals surface area contributed by atoms with Crippen LogP contribution >= 0.6 is 0 Å². The van der Waals surface area contributed by atoms with Crippen LogP contribution in [0.15, 0.2) is 12.1 Å². The minimum Gasteiger partial charge on any atom is -0.353 e. The van der Waals surface area contributed by atoms with Gasteiger partial charge >= 0.3 is 0 Å². The van der Waals surface area contributed by atoms with E-state index in [0.717, 1.165) is 44.1 Å². The molecule has 1 N–H and O–H groups in total. The molecule has 14 heavy (non-hydrogen) atoms. The summed E-state index contributed by atoms with van der Waals surface area (Å²) in [6.07, 6.45) is 0.953. The number of piperazine rings is 1. The highest BCUT2D eigenvalue weighted by molar-refractivity contribution is 5.37. The van der Waals surface area contributed by atoms with Gasteiger partial charge in [0.1, 0.15) is 0 Å². The normalized spacial score (nSPS) is 17.1. The van der Waals surface area contributed by atoms with Gasteiger partial charge in [-0.3, -0.25) is 0 Å². The predicted octanol–water partition coefficient (Wildman–Crippen LogP) is 0.449. The third kappa shape index (κ3) is 2.01. The Morgan fingerprint density at radius 3 is 2.64 bits per heavy atom. The van der Waals surface area contributed by atoms with Gasteiger partial charge in [-0.25, -0.2) is 0 Å². The lowest BCUT2D eigenvalue weighted by Gasteiger charge is -2.27. The smallest absolute Gasteiger partial charge is 0.151 e. The zero-order chi connectivity index (χ0) is 9.80. The zero-order valence-electron chi connectivity index (χ0n) is 8.53. The van der Waals surface area contributed by atoms with E-state index in [9.17, 15) is 0 Å². The fourth-order valence-corrected chi connectivity index (χ4v) is 1.60. The summed E-state index contributed by atoms with van der Waals surface area (Å²) in [5, 5.41) is 11.7. The molecule has 0 bridgehead atoms. The number of rotatable bonds is 2. The fourth-order valence-electron chi connectivity index (χ4n) is 1.60. The lowest BCUT2D eigenvalue weighted by Crippen LogP contribution is -2.43. The highest BCUT2D eigenvalue weighted by Gasteiger charge is 2.11. The van der Waals surface area contributed by atoms with Gasteiger partial charge in [-0.05, 0) is 18.6 Å². The van der Waals surface area contributed by atoms with Crippen LogP contribution in [-0.2, 0) is 6.42 Å². The molecule has 2 heterocycles. The molecule has 0 amide bonds. The van der Waals surface area contributed by atoms with E-state index in [1.54, 1.807) is 0 Å². The van der Waals surface area contributed by atoms with Crippen molar-refractivity contribution < 1.29 is 0 Å². The number of hydrogen-bond acceptors (Lipinski definition) is 4. The second kappa shape index (κ2) is 4.37. The van der Waals surface area contributed by atoms with Crippen LogP contribution in [0.25, 0.3) is 0 Å². The first-order valence-electron chi connectivity index (χ1n) is 5.18. The van der Waals surface area contributed by atoms with Crippen LogP contribution in [0, 0.1) is 0 Å². The molecule has 1 aliphatic heterocycles. The Bertz CT molecular complexity index is 277. The second-order valence-corrected chi connectivity index (χ2v) is 3.47. The Labute approximate surface area is 84.3 Å². The largest absolute Gasteiger partial charge is 0.353 e. The van der Waals surface area contributed by atoms with Gasteiger partial charge in [0.15, 0.2) is 5.82 Å². The van der Waals surface area contributed by atoms with Gasteiger partial charge in [0.2, 0.25) is 0 Å². The number of aromatic nitrogens is 2. The van der Waals surface area contributed by atoms with E-state index in [0.29, 0.717) is 0 Å². The van der Waals surface area contributed by atoms with Gasteiger partial charge in [0, 0.05) is 26.2 Å². The van der Waals surface area contributed by atoms with Crippen molar-refractivity contribution in [1.29, 1.82) is 0 Å². The third-order valence-corrected chi connectivity index (χ3v) is 2.51. The quantitative estimate of drug-likeness (QED) is 0.738. The van der Waals surface area contributed by atoms with Crippen LogP contribution in [0.2, 0.25) is 0 Å². The fraction of sp³-hybridized carbons (Fsp3) is 0.600. The molecule has 0 aromatic carbocycles. The number of aryl methyl sites for hydroxylation is 1. The number of nitrogens with one attached hydrogen (secondary N) is 1. The molecule has 0 atom stereocenters. The van der Waals surface area contributed by atoms with Crippen LogP contribution in [0.3, 0.4) is 0 Å². The summed E-state index contributed by atoms with van der Waals surface area (Å²) >= 11 is 0. The first kappa shape index (κ1) is 9.40. The molecule has 1 aliphatic rings. The summed E-state index contributed by atoms with van der Waals surface area (Å²) in [6, 6.07) is 4.13. The van der Waals surface area contributed by atoms with Crippen molar-refractivity contribution >= 4 is 5.82 Å². The highest BCUT2D eigenvalue weighted by Crippen LogP contribution is 2.09. The summed E-state index contributed by atoms with van der Waals surface area (Å²) < 4.78 is 0. The Morgan fingerprint density at radius 1 is 1.29 bits per heavy atom. The van der Waals surface area contributed by atoms with Crippen LogP contribution in [-0.4, -0.2) is 36.4 Å². The number of hydrogen-bond donors (Lipinski definition) is 1. The van der Waals surface area contributed by atoms with Crippen LogP contribution in [0.4, 0.5) is 5.82 Å². The van der Waals surface area contributed by atoms with Crippen molar-refractivity contribution in [3.8, 4) is 0 Å². The maximum Gasteiger partial charge on any atom is 0.151 e. The van der Waals surface area contributed by atoms with Crippen molar-refractivity contribution in [2.75, 3.05) is 31.1 Å². The zero-order valence-corrected chi connectivity index (χ0v) is 8.53. The Balaban J connectivity index is 2.07. The molecule has 76 valence electrons. The van der Waals surface area contributed by atoms with E-state index < -0.39 is 0 Å². The number of nitrogens with zero attached hydrogens (tertiary/aromatic N) is 3. The lowest BCUT2D eigenvalue weighted by molar-refractivity contribution is 0.582. The molecule has 0 saturated carbocycles. The highest BCUT2D eigenvalue weighted by atomic mass is 15.3. The van der Waals surface area contributed by atoms with Gasteiger partial charge in [-0.2, -0.15) is 5.10 Å². The Hall–Kier alpha value is -1.16. The average Bonchev–Trinajstić information content (AvgIpc) is 2.30. The van der Waals surface area contributed by atoms with E-state index >= 15 is 0 Å². The average molecular weight is 192 g/mol. The lowest BCUT2D eigenvalue weighted by atomic mass is 10.3. The standard InChI is InChI=1S/C10H16N4/c1-2-9-3-4-10(13-12-9)14-7-5-11-6-8-14/h3-4,11H,2,5-8H2,1H3. The molecule has 0 spiro atoms. The topological polar surface area (TPSA) is 41.0 Å². The maximum atomic E-state index is 4.22. The van der Waals surface area contributed by atoms with Crippen LogP contribution in [0.5, 0.6) is 0 Å². The number of anilines is 1. The summed E-state index contributed by atoms with van der Waals surface area (Å²) in [6.45, 7) is 6.23. The second-order valence-electron chi connectivity index (χ2n) is 3.47. The van der Waals surface area contributed by atoms with Crippen molar-refractivity contribution in [2.24, 2.45) is 0 Å². The molecular weight excluding hydrogens is 176 g/mol. The monoisotopic (exact) mass is 192 g/mol. The first-order valence-corrected chi connectivity index (χ1v) is 5.18.